The Balaban J connectivity index is 1.24. The van der Waals surface area contributed by atoms with Gasteiger partial charge in [-0.05, 0) is 19.1 Å². The maximum atomic E-state index is 15.1. The summed E-state index contributed by atoms with van der Waals surface area (Å²) in [6.45, 7) is 5.27. The topological polar surface area (TPSA) is 99.7 Å². The first-order valence-electron chi connectivity index (χ1n) is 10.7. The first-order chi connectivity index (χ1) is 15.4. The molecule has 168 valence electrons. The van der Waals surface area contributed by atoms with Gasteiger partial charge in [0.05, 0.1) is 11.4 Å². The summed E-state index contributed by atoms with van der Waals surface area (Å²) < 4.78 is 20.7. The van der Waals surface area contributed by atoms with Gasteiger partial charge in [0.25, 0.3) is 11.8 Å². The lowest BCUT2D eigenvalue weighted by molar-refractivity contribution is -0.125. The molecular weight excluding hydrogens is 415 g/mol. The predicted octanol–water partition coefficient (Wildman–Crippen LogP) is 1.47. The van der Waals surface area contributed by atoms with Crippen LogP contribution in [0.15, 0.2) is 18.3 Å². The van der Waals surface area contributed by atoms with Gasteiger partial charge < -0.3 is 20.3 Å². The van der Waals surface area contributed by atoms with Gasteiger partial charge in [0.15, 0.2) is 11.4 Å². The summed E-state index contributed by atoms with van der Waals surface area (Å²) in [6.07, 6.45) is 2.77. The van der Waals surface area contributed by atoms with Crippen LogP contribution in [0.4, 0.5) is 15.8 Å². The van der Waals surface area contributed by atoms with Crippen molar-refractivity contribution in [1.29, 1.82) is 0 Å². The van der Waals surface area contributed by atoms with E-state index in [1.807, 2.05) is 13.0 Å². The Bertz CT molecular complexity index is 1100. The highest BCUT2D eigenvalue weighted by Gasteiger charge is 2.56. The van der Waals surface area contributed by atoms with Crippen LogP contribution < -0.4 is 20.3 Å². The number of amides is 2. The highest BCUT2D eigenvalue weighted by Crippen LogP contribution is 2.46. The van der Waals surface area contributed by atoms with E-state index in [9.17, 15) is 9.59 Å². The minimum absolute atomic E-state index is 0.0431. The van der Waals surface area contributed by atoms with E-state index in [2.05, 4.69) is 30.4 Å². The van der Waals surface area contributed by atoms with E-state index >= 15 is 4.39 Å². The molecule has 32 heavy (non-hydrogen) atoms. The van der Waals surface area contributed by atoms with Crippen LogP contribution in [0.2, 0.25) is 0 Å². The fourth-order valence-corrected chi connectivity index (χ4v) is 4.24. The molecule has 4 heterocycles. The van der Waals surface area contributed by atoms with Crippen LogP contribution >= 0.6 is 0 Å². The van der Waals surface area contributed by atoms with Crippen molar-refractivity contribution in [3.8, 4) is 5.88 Å². The molecular formula is C22H25FN6O3. The molecule has 2 aromatic heterocycles. The number of rotatable bonds is 4. The molecule has 5 rings (SSSR count). The average molecular weight is 440 g/mol. The summed E-state index contributed by atoms with van der Waals surface area (Å²) in [5, 5.41) is 5.23. The van der Waals surface area contributed by atoms with Gasteiger partial charge in [0.2, 0.25) is 5.88 Å². The van der Waals surface area contributed by atoms with Crippen molar-refractivity contribution in [2.75, 3.05) is 43.4 Å². The van der Waals surface area contributed by atoms with Crippen LogP contribution in [0.1, 0.15) is 34.6 Å². The maximum absolute atomic E-state index is 15.1. The van der Waals surface area contributed by atoms with Gasteiger partial charge >= 0.3 is 0 Å². The summed E-state index contributed by atoms with van der Waals surface area (Å²) >= 11 is 0. The molecule has 1 saturated heterocycles. The number of anilines is 2. The first-order valence-corrected chi connectivity index (χ1v) is 10.7. The summed E-state index contributed by atoms with van der Waals surface area (Å²) in [7, 11) is 1.58. The number of fused-ring (bicyclic) bond motifs is 1. The van der Waals surface area contributed by atoms with E-state index in [1.165, 1.54) is 6.20 Å². The Morgan fingerprint density at radius 1 is 1.28 bits per heavy atom. The van der Waals surface area contributed by atoms with Crippen molar-refractivity contribution >= 4 is 23.2 Å². The third-order valence-electron chi connectivity index (χ3n) is 6.33. The number of pyridine rings is 2. The molecule has 0 radical (unpaired) electrons. The monoisotopic (exact) mass is 440 g/mol. The average Bonchev–Trinajstić information content (AvgIpc) is 3.57. The SMILES string of the molecule is CNC(=O)c1ccc(N2CCN(Cc3cnc4c(c3F)NC(=O)C3(CC3)O4)CC2)c(C)n1. The van der Waals surface area contributed by atoms with Gasteiger partial charge in [0, 0.05) is 64.4 Å². The molecule has 2 aromatic rings. The molecule has 0 bridgehead atoms. The lowest BCUT2D eigenvalue weighted by Gasteiger charge is -2.36. The van der Waals surface area contributed by atoms with Crippen molar-refractivity contribution < 1.29 is 18.7 Å². The van der Waals surface area contributed by atoms with Crippen LogP contribution in [0.25, 0.3) is 0 Å². The third kappa shape index (κ3) is 3.54. The second-order valence-corrected chi connectivity index (χ2v) is 8.47. The van der Waals surface area contributed by atoms with Crippen molar-refractivity contribution in [1.82, 2.24) is 20.2 Å². The van der Waals surface area contributed by atoms with E-state index in [4.69, 9.17) is 4.74 Å². The number of halogens is 1. The summed E-state index contributed by atoms with van der Waals surface area (Å²) in [5.74, 6) is -0.815. The Labute approximate surface area is 185 Å². The van der Waals surface area contributed by atoms with Gasteiger partial charge in [-0.2, -0.15) is 0 Å². The predicted molar refractivity (Wildman–Crippen MR) is 115 cm³/mol. The molecule has 3 aliphatic rings. The normalized spacial score (nSPS) is 19.2. The Morgan fingerprint density at radius 3 is 2.69 bits per heavy atom. The number of carbonyl (C=O) groups is 2. The lowest BCUT2D eigenvalue weighted by atomic mass is 10.1. The van der Waals surface area contributed by atoms with Gasteiger partial charge in [-0.1, -0.05) is 0 Å². The Morgan fingerprint density at radius 2 is 2.03 bits per heavy atom. The Kier molecular flexibility index (Phi) is 4.96. The molecule has 1 aliphatic carbocycles. The van der Waals surface area contributed by atoms with Gasteiger partial charge in [-0.15, -0.1) is 0 Å². The van der Waals surface area contributed by atoms with Crippen LogP contribution in [0.3, 0.4) is 0 Å². The Hall–Kier alpha value is -3.27. The van der Waals surface area contributed by atoms with Gasteiger partial charge in [-0.25, -0.2) is 14.4 Å². The number of carbonyl (C=O) groups excluding carboxylic acids is 2. The van der Waals surface area contributed by atoms with Crippen molar-refractivity contribution in [3.63, 3.8) is 0 Å². The fraction of sp³-hybridized carbons (Fsp3) is 0.455. The quantitative estimate of drug-likeness (QED) is 0.743. The molecule has 9 nitrogen and oxygen atoms in total. The van der Waals surface area contributed by atoms with Gasteiger partial charge in [0.1, 0.15) is 11.4 Å². The second kappa shape index (κ2) is 7.70. The van der Waals surface area contributed by atoms with Gasteiger partial charge in [-0.3, -0.25) is 14.5 Å². The van der Waals surface area contributed by atoms with Crippen LogP contribution in [0.5, 0.6) is 5.88 Å². The highest BCUT2D eigenvalue weighted by molar-refractivity contribution is 6.02. The number of nitrogens with one attached hydrogen (secondary N) is 2. The fourth-order valence-electron chi connectivity index (χ4n) is 4.24. The summed E-state index contributed by atoms with van der Waals surface area (Å²) in [4.78, 5) is 37.0. The van der Waals surface area contributed by atoms with Crippen LogP contribution in [-0.2, 0) is 11.3 Å². The number of aryl methyl sites for hydroxylation is 1. The molecule has 0 unspecified atom stereocenters. The first kappa shape index (κ1) is 20.6. The number of nitrogens with zero attached hydrogens (tertiary/aromatic N) is 4. The van der Waals surface area contributed by atoms with Crippen molar-refractivity contribution in [3.05, 3.63) is 41.1 Å². The number of piperazine rings is 1. The largest absolute Gasteiger partial charge is 0.459 e. The van der Waals surface area contributed by atoms with Crippen LogP contribution in [-0.4, -0.2) is 65.5 Å². The molecule has 2 aliphatic heterocycles. The molecule has 0 atom stereocenters. The molecule has 1 saturated carbocycles. The van der Waals surface area contributed by atoms with E-state index in [1.54, 1.807) is 13.1 Å². The zero-order valence-corrected chi connectivity index (χ0v) is 18.1. The van der Waals surface area contributed by atoms with E-state index in [-0.39, 0.29) is 23.4 Å². The standard InChI is InChI=1S/C22H25FN6O3/c1-13-16(4-3-15(26-13)19(30)24-2)29-9-7-28(8-10-29)12-14-11-25-20-18(17(14)23)27-21(31)22(32-20)5-6-22/h3-4,11H,5-10,12H2,1-2H3,(H,24,30)(H,27,31). The molecule has 2 amide bonds. The molecule has 0 aromatic carbocycles. The zero-order valence-electron chi connectivity index (χ0n) is 18.1. The number of hydrogen-bond donors (Lipinski definition) is 2. The number of hydrogen-bond acceptors (Lipinski definition) is 7. The minimum atomic E-state index is -0.837. The smallest absolute Gasteiger partial charge is 0.269 e. The van der Waals surface area contributed by atoms with Crippen molar-refractivity contribution in [2.24, 2.45) is 0 Å². The van der Waals surface area contributed by atoms with E-state index in [0.29, 0.717) is 30.6 Å². The van der Waals surface area contributed by atoms with Crippen LogP contribution in [0, 0.1) is 12.7 Å². The maximum Gasteiger partial charge on any atom is 0.269 e. The molecule has 10 heteroatoms. The summed E-state index contributed by atoms with van der Waals surface area (Å²) in [6, 6.07) is 3.65. The number of aromatic nitrogens is 2. The number of ether oxygens (including phenoxy) is 1. The highest BCUT2D eigenvalue weighted by atomic mass is 19.1. The molecule has 2 fully saturated rings. The molecule has 2 N–H and O–H groups in total. The van der Waals surface area contributed by atoms with E-state index < -0.39 is 11.4 Å². The minimum Gasteiger partial charge on any atom is -0.459 e. The lowest BCUT2D eigenvalue weighted by Crippen LogP contribution is -2.46. The van der Waals surface area contributed by atoms with Crippen molar-refractivity contribution in [2.45, 2.75) is 31.9 Å². The zero-order chi connectivity index (χ0) is 22.5. The summed E-state index contributed by atoms with van der Waals surface area (Å²) in [5.41, 5.74) is 1.82. The second-order valence-electron chi connectivity index (χ2n) is 8.47. The van der Waals surface area contributed by atoms with E-state index in [0.717, 1.165) is 37.6 Å². The molecule has 1 spiro atoms. The third-order valence-corrected chi connectivity index (χ3v) is 6.33.